The fourth-order valence-corrected chi connectivity index (χ4v) is 1.85. The van der Waals surface area contributed by atoms with E-state index in [0.717, 1.165) is 13.0 Å². The molecule has 0 saturated carbocycles. The van der Waals surface area contributed by atoms with Crippen LogP contribution in [0.5, 0.6) is 0 Å². The number of carbonyl (C=O) groups excluding carboxylic acids is 1. The van der Waals surface area contributed by atoms with Gasteiger partial charge in [-0.2, -0.15) is 4.80 Å². The molecule has 82 valence electrons. The highest BCUT2D eigenvalue weighted by molar-refractivity contribution is 5.80. The molecule has 1 aromatic heterocycles. The second kappa shape index (κ2) is 4.48. The van der Waals surface area contributed by atoms with Crippen molar-refractivity contribution in [2.45, 2.75) is 31.7 Å². The first-order valence-corrected chi connectivity index (χ1v) is 5.22. The molecular weight excluding hydrogens is 194 g/mol. The van der Waals surface area contributed by atoms with E-state index < -0.39 is 0 Å². The lowest BCUT2D eigenvalue weighted by atomic mass is 10.1. The van der Waals surface area contributed by atoms with E-state index in [1.54, 1.807) is 7.05 Å². The van der Waals surface area contributed by atoms with Crippen LogP contribution in [0.4, 0.5) is 0 Å². The van der Waals surface area contributed by atoms with Gasteiger partial charge in [0.1, 0.15) is 5.78 Å². The van der Waals surface area contributed by atoms with E-state index in [1.165, 1.54) is 11.2 Å². The van der Waals surface area contributed by atoms with Gasteiger partial charge in [0.15, 0.2) is 5.82 Å². The summed E-state index contributed by atoms with van der Waals surface area (Å²) in [6.45, 7) is 1.03. The van der Waals surface area contributed by atoms with Gasteiger partial charge in [-0.3, -0.25) is 4.79 Å². The number of aromatic nitrogens is 4. The Hall–Kier alpha value is -1.30. The summed E-state index contributed by atoms with van der Waals surface area (Å²) in [6, 6.07) is 0.356. The number of carbonyl (C=O) groups is 1. The Morgan fingerprint density at radius 2 is 2.53 bits per heavy atom. The zero-order chi connectivity index (χ0) is 10.7. The predicted octanol–water partition coefficient (Wildman–Crippen LogP) is -0.536. The molecule has 0 aromatic carbocycles. The van der Waals surface area contributed by atoms with Crippen molar-refractivity contribution >= 4 is 5.78 Å². The number of aryl methyl sites for hydroxylation is 1. The summed E-state index contributed by atoms with van der Waals surface area (Å²) in [5.41, 5.74) is 0. The maximum Gasteiger partial charge on any atom is 0.182 e. The number of hydrogen-bond donors (Lipinski definition) is 1. The highest BCUT2D eigenvalue weighted by Gasteiger charge is 2.18. The SMILES string of the molecule is Cn1nnc(CC(=O)CC2CCCN2)n1. The molecule has 1 fully saturated rings. The van der Waals surface area contributed by atoms with Crippen molar-refractivity contribution in [1.82, 2.24) is 25.5 Å². The van der Waals surface area contributed by atoms with E-state index >= 15 is 0 Å². The Morgan fingerprint density at radius 3 is 3.13 bits per heavy atom. The van der Waals surface area contributed by atoms with Gasteiger partial charge in [-0.05, 0) is 24.6 Å². The van der Waals surface area contributed by atoms with E-state index in [4.69, 9.17) is 0 Å². The monoisotopic (exact) mass is 209 g/mol. The molecule has 1 aromatic rings. The van der Waals surface area contributed by atoms with Crippen molar-refractivity contribution in [3.05, 3.63) is 5.82 Å². The number of ketones is 1. The summed E-state index contributed by atoms with van der Waals surface area (Å²) in [5, 5.41) is 14.8. The van der Waals surface area contributed by atoms with Crippen molar-refractivity contribution in [2.24, 2.45) is 7.05 Å². The van der Waals surface area contributed by atoms with Gasteiger partial charge in [0.05, 0.1) is 13.5 Å². The van der Waals surface area contributed by atoms with E-state index in [-0.39, 0.29) is 5.78 Å². The molecule has 2 heterocycles. The molecule has 1 aliphatic rings. The lowest BCUT2D eigenvalue weighted by molar-refractivity contribution is -0.118. The Balaban J connectivity index is 1.81. The fourth-order valence-electron chi connectivity index (χ4n) is 1.85. The quantitative estimate of drug-likeness (QED) is 0.721. The van der Waals surface area contributed by atoms with Crippen molar-refractivity contribution in [3.63, 3.8) is 0 Å². The maximum atomic E-state index is 11.6. The molecule has 1 N–H and O–H groups in total. The van der Waals surface area contributed by atoms with Crippen LogP contribution in [0.3, 0.4) is 0 Å². The van der Waals surface area contributed by atoms with Crippen LogP contribution in [0.2, 0.25) is 0 Å². The van der Waals surface area contributed by atoms with E-state index in [1.807, 2.05) is 0 Å². The van der Waals surface area contributed by atoms with Gasteiger partial charge >= 0.3 is 0 Å². The minimum Gasteiger partial charge on any atom is -0.314 e. The molecule has 1 saturated heterocycles. The second-order valence-electron chi connectivity index (χ2n) is 3.91. The smallest absolute Gasteiger partial charge is 0.182 e. The van der Waals surface area contributed by atoms with Crippen LogP contribution >= 0.6 is 0 Å². The topological polar surface area (TPSA) is 72.7 Å². The minimum atomic E-state index is 0.183. The van der Waals surface area contributed by atoms with Gasteiger partial charge in [0, 0.05) is 12.5 Å². The standard InChI is InChI=1S/C9H15N5O/c1-14-12-9(11-13-14)6-8(15)5-7-3-2-4-10-7/h7,10H,2-6H2,1H3. The Kier molecular flexibility index (Phi) is 3.05. The maximum absolute atomic E-state index is 11.6. The molecule has 1 aliphatic heterocycles. The van der Waals surface area contributed by atoms with Crippen LogP contribution in [0.1, 0.15) is 25.1 Å². The fraction of sp³-hybridized carbons (Fsp3) is 0.778. The molecule has 0 bridgehead atoms. The number of tetrazole rings is 1. The molecule has 0 amide bonds. The van der Waals surface area contributed by atoms with Gasteiger partial charge in [0.25, 0.3) is 0 Å². The van der Waals surface area contributed by atoms with Crippen LogP contribution in [0, 0.1) is 0 Å². The molecule has 0 radical (unpaired) electrons. The molecule has 0 spiro atoms. The molecule has 15 heavy (non-hydrogen) atoms. The summed E-state index contributed by atoms with van der Waals surface area (Å²) in [6.07, 6.45) is 3.14. The number of nitrogens with zero attached hydrogens (tertiary/aromatic N) is 4. The van der Waals surface area contributed by atoms with Crippen LogP contribution < -0.4 is 5.32 Å². The Labute approximate surface area is 88.0 Å². The zero-order valence-electron chi connectivity index (χ0n) is 8.81. The predicted molar refractivity (Wildman–Crippen MR) is 53.2 cm³/mol. The Morgan fingerprint density at radius 1 is 1.67 bits per heavy atom. The average molecular weight is 209 g/mol. The van der Waals surface area contributed by atoms with Crippen molar-refractivity contribution in [1.29, 1.82) is 0 Å². The third-order valence-corrected chi connectivity index (χ3v) is 2.54. The number of nitrogens with one attached hydrogen (secondary N) is 1. The van der Waals surface area contributed by atoms with Crippen LogP contribution in [0.25, 0.3) is 0 Å². The normalized spacial score (nSPS) is 20.7. The first kappa shape index (κ1) is 10.2. The molecule has 1 atom stereocenters. The van der Waals surface area contributed by atoms with Crippen LogP contribution in [0.15, 0.2) is 0 Å². The lowest BCUT2D eigenvalue weighted by Crippen LogP contribution is -2.25. The molecular formula is C9H15N5O. The second-order valence-corrected chi connectivity index (χ2v) is 3.91. The van der Waals surface area contributed by atoms with Crippen LogP contribution in [-0.4, -0.2) is 38.6 Å². The molecule has 6 heteroatoms. The highest BCUT2D eigenvalue weighted by atomic mass is 16.1. The summed E-state index contributed by atoms with van der Waals surface area (Å²) in [5.74, 6) is 0.697. The van der Waals surface area contributed by atoms with Gasteiger partial charge in [-0.15, -0.1) is 10.2 Å². The van der Waals surface area contributed by atoms with E-state index in [2.05, 4.69) is 20.7 Å². The molecule has 0 aliphatic carbocycles. The first-order valence-electron chi connectivity index (χ1n) is 5.22. The molecule has 2 rings (SSSR count). The van der Waals surface area contributed by atoms with Gasteiger partial charge < -0.3 is 5.32 Å². The summed E-state index contributed by atoms with van der Waals surface area (Å²) in [7, 11) is 1.69. The van der Waals surface area contributed by atoms with Gasteiger partial charge in [-0.1, -0.05) is 0 Å². The van der Waals surface area contributed by atoms with Crippen molar-refractivity contribution < 1.29 is 4.79 Å². The highest BCUT2D eigenvalue weighted by Crippen LogP contribution is 2.09. The van der Waals surface area contributed by atoms with Gasteiger partial charge in [-0.25, -0.2) is 0 Å². The molecule has 1 unspecified atom stereocenters. The number of Topliss-reactive ketones (excluding diaryl/α,β-unsaturated/α-hetero) is 1. The number of hydrogen-bond acceptors (Lipinski definition) is 5. The third kappa shape index (κ3) is 2.82. The van der Waals surface area contributed by atoms with E-state index in [9.17, 15) is 4.79 Å². The van der Waals surface area contributed by atoms with Gasteiger partial charge in [0.2, 0.25) is 0 Å². The zero-order valence-corrected chi connectivity index (χ0v) is 8.81. The summed E-state index contributed by atoms with van der Waals surface area (Å²) >= 11 is 0. The third-order valence-electron chi connectivity index (χ3n) is 2.54. The number of rotatable bonds is 4. The summed E-state index contributed by atoms with van der Waals surface area (Å²) in [4.78, 5) is 13.0. The average Bonchev–Trinajstić information content (AvgIpc) is 2.77. The first-order chi connectivity index (χ1) is 7.24. The van der Waals surface area contributed by atoms with E-state index in [0.29, 0.717) is 24.7 Å². The minimum absolute atomic E-state index is 0.183. The lowest BCUT2D eigenvalue weighted by Gasteiger charge is -2.06. The molecule has 6 nitrogen and oxygen atoms in total. The summed E-state index contributed by atoms with van der Waals surface area (Å²) < 4.78 is 0. The Bertz CT molecular complexity index is 342. The van der Waals surface area contributed by atoms with Crippen LogP contribution in [-0.2, 0) is 18.3 Å². The van der Waals surface area contributed by atoms with Crippen molar-refractivity contribution in [2.75, 3.05) is 6.54 Å². The van der Waals surface area contributed by atoms with Crippen molar-refractivity contribution in [3.8, 4) is 0 Å². The largest absolute Gasteiger partial charge is 0.314 e.